The van der Waals surface area contributed by atoms with Gasteiger partial charge in [-0.05, 0) is 49.4 Å². The summed E-state index contributed by atoms with van der Waals surface area (Å²) >= 11 is 1.41. The number of para-hydroxylation sites is 2. The summed E-state index contributed by atoms with van der Waals surface area (Å²) in [6.07, 6.45) is 1.69. The van der Waals surface area contributed by atoms with Crippen LogP contribution in [0.2, 0.25) is 0 Å². The van der Waals surface area contributed by atoms with Gasteiger partial charge in [-0.25, -0.2) is 0 Å². The Balaban J connectivity index is 1.79. The number of benzene rings is 2. The van der Waals surface area contributed by atoms with Crippen molar-refractivity contribution in [3.05, 3.63) is 65.5 Å². The molecule has 0 bridgehead atoms. The Morgan fingerprint density at radius 1 is 1.04 bits per heavy atom. The molecular weight excluding hydrogens is 368 g/mol. The maximum Gasteiger partial charge on any atom is 0.237 e. The molecular formula is C22H26N4OS. The molecule has 5 nitrogen and oxygen atoms in total. The number of aromatic nitrogens is 3. The molecule has 0 aliphatic carbocycles. The fourth-order valence-corrected chi connectivity index (χ4v) is 3.92. The van der Waals surface area contributed by atoms with Gasteiger partial charge in [0.2, 0.25) is 5.91 Å². The molecule has 0 aliphatic rings. The molecule has 1 aromatic heterocycles. The highest BCUT2D eigenvalue weighted by molar-refractivity contribution is 8.00. The van der Waals surface area contributed by atoms with Crippen molar-refractivity contribution in [2.24, 2.45) is 0 Å². The molecule has 1 N–H and O–H groups in total. The van der Waals surface area contributed by atoms with Gasteiger partial charge in [0, 0.05) is 5.69 Å². The molecule has 0 spiro atoms. The third kappa shape index (κ3) is 4.28. The summed E-state index contributed by atoms with van der Waals surface area (Å²) in [5.74, 6) is 0.294. The van der Waals surface area contributed by atoms with E-state index in [1.54, 1.807) is 6.33 Å². The van der Waals surface area contributed by atoms with Gasteiger partial charge in [-0.2, -0.15) is 0 Å². The van der Waals surface area contributed by atoms with E-state index < -0.39 is 0 Å². The number of hydrogen-bond donors (Lipinski definition) is 1. The van der Waals surface area contributed by atoms with Crippen molar-refractivity contribution in [3.63, 3.8) is 0 Å². The molecule has 0 aliphatic heterocycles. The summed E-state index contributed by atoms with van der Waals surface area (Å²) in [5.41, 5.74) is 5.27. The van der Waals surface area contributed by atoms with Crippen molar-refractivity contribution in [1.82, 2.24) is 14.8 Å². The third-order valence-corrected chi connectivity index (χ3v) is 5.77. The SMILES string of the molecule is Cc1ccccc1-n1cnnc1SC(C)C(=O)Nc1c(C)cccc1C(C)C. The maximum absolute atomic E-state index is 12.9. The van der Waals surface area contributed by atoms with Gasteiger partial charge in [0.25, 0.3) is 0 Å². The van der Waals surface area contributed by atoms with E-state index in [-0.39, 0.29) is 11.2 Å². The van der Waals surface area contributed by atoms with Crippen molar-refractivity contribution in [2.45, 2.75) is 50.9 Å². The molecule has 0 radical (unpaired) electrons. The highest BCUT2D eigenvalue weighted by atomic mass is 32.2. The highest BCUT2D eigenvalue weighted by Gasteiger charge is 2.21. The van der Waals surface area contributed by atoms with Gasteiger partial charge in [0.15, 0.2) is 5.16 Å². The summed E-state index contributed by atoms with van der Waals surface area (Å²) < 4.78 is 1.93. The molecule has 28 heavy (non-hydrogen) atoms. The lowest BCUT2D eigenvalue weighted by molar-refractivity contribution is -0.115. The van der Waals surface area contributed by atoms with Crippen LogP contribution >= 0.6 is 11.8 Å². The summed E-state index contributed by atoms with van der Waals surface area (Å²) in [5, 5.41) is 11.8. The van der Waals surface area contributed by atoms with Gasteiger partial charge in [0.1, 0.15) is 6.33 Å². The number of rotatable bonds is 6. The lowest BCUT2D eigenvalue weighted by Crippen LogP contribution is -2.24. The third-order valence-electron chi connectivity index (χ3n) is 4.72. The highest BCUT2D eigenvalue weighted by Crippen LogP contribution is 2.30. The van der Waals surface area contributed by atoms with Crippen molar-refractivity contribution < 1.29 is 4.79 Å². The zero-order chi connectivity index (χ0) is 20.3. The van der Waals surface area contributed by atoms with Crippen LogP contribution in [0.25, 0.3) is 5.69 Å². The Morgan fingerprint density at radius 3 is 2.46 bits per heavy atom. The van der Waals surface area contributed by atoms with E-state index in [9.17, 15) is 4.79 Å². The quantitative estimate of drug-likeness (QED) is 0.589. The minimum atomic E-state index is -0.313. The molecule has 146 valence electrons. The fourth-order valence-electron chi connectivity index (χ4n) is 3.08. The standard InChI is InChI=1S/C22H26N4OS/c1-14(2)18-11-8-10-16(4)20(18)24-21(27)17(5)28-22-25-23-13-26(22)19-12-7-6-9-15(19)3/h6-14,17H,1-5H3,(H,24,27). The van der Waals surface area contributed by atoms with Crippen LogP contribution in [0.3, 0.4) is 0 Å². The summed E-state index contributed by atoms with van der Waals surface area (Å²) in [4.78, 5) is 12.9. The molecule has 1 unspecified atom stereocenters. The monoisotopic (exact) mass is 394 g/mol. The first-order chi connectivity index (χ1) is 13.4. The molecule has 1 amide bonds. The number of amides is 1. The molecule has 3 rings (SSSR count). The smallest absolute Gasteiger partial charge is 0.237 e. The molecule has 0 fully saturated rings. The average Bonchev–Trinajstić information content (AvgIpc) is 3.11. The zero-order valence-electron chi connectivity index (χ0n) is 16.9. The molecule has 6 heteroatoms. The zero-order valence-corrected chi connectivity index (χ0v) is 17.7. The Bertz CT molecular complexity index is 980. The Kier molecular flexibility index (Phi) is 6.19. The summed E-state index contributed by atoms with van der Waals surface area (Å²) in [6, 6.07) is 14.2. The second-order valence-electron chi connectivity index (χ2n) is 7.21. The number of carbonyl (C=O) groups is 1. The number of aryl methyl sites for hydroxylation is 2. The summed E-state index contributed by atoms with van der Waals surface area (Å²) in [6.45, 7) is 10.2. The van der Waals surface area contributed by atoms with Crippen LogP contribution in [0.5, 0.6) is 0 Å². The number of nitrogens with one attached hydrogen (secondary N) is 1. The van der Waals surface area contributed by atoms with Gasteiger partial charge in [-0.1, -0.05) is 62.0 Å². The predicted molar refractivity (Wildman–Crippen MR) is 115 cm³/mol. The number of carbonyl (C=O) groups excluding carboxylic acids is 1. The first kappa shape index (κ1) is 20.1. The van der Waals surface area contributed by atoms with Crippen molar-refractivity contribution in [2.75, 3.05) is 5.32 Å². The van der Waals surface area contributed by atoms with E-state index in [0.29, 0.717) is 11.1 Å². The van der Waals surface area contributed by atoms with E-state index in [2.05, 4.69) is 35.4 Å². The number of hydrogen-bond acceptors (Lipinski definition) is 4. The van der Waals surface area contributed by atoms with E-state index in [0.717, 1.165) is 28.1 Å². The van der Waals surface area contributed by atoms with Gasteiger partial charge >= 0.3 is 0 Å². The lowest BCUT2D eigenvalue weighted by atomic mass is 9.98. The van der Waals surface area contributed by atoms with Crippen LogP contribution in [0.4, 0.5) is 5.69 Å². The van der Waals surface area contributed by atoms with E-state index >= 15 is 0 Å². The van der Waals surface area contributed by atoms with E-state index in [1.807, 2.05) is 61.7 Å². The number of thioether (sulfide) groups is 1. The first-order valence-electron chi connectivity index (χ1n) is 9.41. The van der Waals surface area contributed by atoms with Gasteiger partial charge < -0.3 is 5.32 Å². The molecule has 3 aromatic rings. The molecule has 2 aromatic carbocycles. The normalized spacial score (nSPS) is 12.2. The first-order valence-corrected chi connectivity index (χ1v) is 10.3. The van der Waals surface area contributed by atoms with Crippen LogP contribution < -0.4 is 5.32 Å². The van der Waals surface area contributed by atoms with Gasteiger partial charge in [-0.3, -0.25) is 9.36 Å². The number of anilines is 1. The summed E-state index contributed by atoms with van der Waals surface area (Å²) in [7, 11) is 0. The Labute approximate surface area is 170 Å². The van der Waals surface area contributed by atoms with Crippen LogP contribution in [-0.2, 0) is 4.79 Å². The second kappa shape index (κ2) is 8.61. The topological polar surface area (TPSA) is 59.8 Å². The predicted octanol–water partition coefficient (Wildman–Crippen LogP) is 5.13. The average molecular weight is 395 g/mol. The maximum atomic E-state index is 12.9. The van der Waals surface area contributed by atoms with Gasteiger partial charge in [0.05, 0.1) is 10.9 Å². The molecule has 0 saturated carbocycles. The van der Waals surface area contributed by atoms with Crippen LogP contribution in [-0.4, -0.2) is 25.9 Å². The minimum Gasteiger partial charge on any atom is -0.325 e. The number of nitrogens with zero attached hydrogens (tertiary/aromatic N) is 3. The Hall–Kier alpha value is -2.60. The van der Waals surface area contributed by atoms with E-state index in [4.69, 9.17) is 0 Å². The lowest BCUT2D eigenvalue weighted by Gasteiger charge is -2.18. The Morgan fingerprint density at radius 2 is 1.75 bits per heavy atom. The molecule has 0 saturated heterocycles. The molecule has 1 atom stereocenters. The second-order valence-corrected chi connectivity index (χ2v) is 8.52. The van der Waals surface area contributed by atoms with Crippen molar-refractivity contribution in [3.8, 4) is 5.69 Å². The fraction of sp³-hybridized carbons (Fsp3) is 0.318. The van der Waals surface area contributed by atoms with Crippen molar-refractivity contribution in [1.29, 1.82) is 0 Å². The minimum absolute atomic E-state index is 0.0412. The van der Waals surface area contributed by atoms with Gasteiger partial charge in [-0.15, -0.1) is 10.2 Å². The van der Waals surface area contributed by atoms with Crippen molar-refractivity contribution >= 4 is 23.4 Å². The largest absolute Gasteiger partial charge is 0.325 e. The van der Waals surface area contributed by atoms with E-state index in [1.165, 1.54) is 11.8 Å². The molecule has 1 heterocycles. The van der Waals surface area contributed by atoms with Crippen LogP contribution in [0.15, 0.2) is 53.9 Å². The van der Waals surface area contributed by atoms with Crippen LogP contribution in [0.1, 0.15) is 43.4 Å². The van der Waals surface area contributed by atoms with Crippen LogP contribution in [0, 0.1) is 13.8 Å².